The van der Waals surface area contributed by atoms with Crippen molar-refractivity contribution in [2.75, 3.05) is 6.54 Å². The topological polar surface area (TPSA) is 101 Å². The molecular weight excluding hydrogens is 272 g/mol. The Bertz CT molecular complexity index is 588. The van der Waals surface area contributed by atoms with Crippen LogP contribution in [0.15, 0.2) is 30.3 Å². The highest BCUT2D eigenvalue weighted by Gasteiger charge is 2.32. The number of carbonyl (C=O) groups is 3. The molecule has 1 aliphatic rings. The van der Waals surface area contributed by atoms with E-state index in [0.29, 0.717) is 5.56 Å². The molecule has 1 aromatic rings. The van der Waals surface area contributed by atoms with Crippen molar-refractivity contribution in [1.29, 1.82) is 0 Å². The Morgan fingerprint density at radius 1 is 1.24 bits per heavy atom. The lowest BCUT2D eigenvalue weighted by atomic mass is 10.1. The Morgan fingerprint density at radius 3 is 2.33 bits per heavy atom. The van der Waals surface area contributed by atoms with Crippen molar-refractivity contribution in [2.45, 2.75) is 18.9 Å². The van der Waals surface area contributed by atoms with Gasteiger partial charge in [0.15, 0.2) is 0 Å². The first kappa shape index (κ1) is 14.8. The van der Waals surface area contributed by atoms with E-state index >= 15 is 0 Å². The number of carboxylic acid groups (broad SMARTS) is 1. The van der Waals surface area contributed by atoms with Gasteiger partial charge in [-0.3, -0.25) is 14.4 Å². The number of benzene rings is 1. The Labute approximate surface area is 121 Å². The number of aliphatic carboxylic acids is 1. The van der Waals surface area contributed by atoms with Gasteiger partial charge in [0, 0.05) is 17.7 Å². The molecule has 2 rings (SSSR count). The average Bonchev–Trinajstić information content (AvgIpc) is 3.27. The van der Waals surface area contributed by atoms with E-state index in [-0.39, 0.29) is 18.5 Å². The SMILES string of the molecule is NC(=O)c1ccc(C=CC(=O)N(CC(=O)O)C2CC2)cc1. The summed E-state index contributed by atoms with van der Waals surface area (Å²) in [6.07, 6.45) is 4.63. The minimum atomic E-state index is -1.02. The standard InChI is InChI=1S/C15H16N2O4/c16-15(21)11-4-1-10(2-5-11)3-8-13(18)17(9-14(19)20)12-6-7-12/h1-5,8,12H,6-7,9H2,(H2,16,21)(H,19,20). The molecule has 0 unspecified atom stereocenters. The fourth-order valence-electron chi connectivity index (χ4n) is 1.94. The van der Waals surface area contributed by atoms with Gasteiger partial charge in [0.25, 0.3) is 0 Å². The summed E-state index contributed by atoms with van der Waals surface area (Å²) in [6.45, 7) is -0.283. The van der Waals surface area contributed by atoms with E-state index in [2.05, 4.69) is 0 Å². The van der Waals surface area contributed by atoms with E-state index in [1.807, 2.05) is 0 Å². The van der Waals surface area contributed by atoms with Gasteiger partial charge in [0.2, 0.25) is 11.8 Å². The lowest BCUT2D eigenvalue weighted by Crippen LogP contribution is -2.36. The number of nitrogens with two attached hydrogens (primary N) is 1. The fourth-order valence-corrected chi connectivity index (χ4v) is 1.94. The van der Waals surface area contributed by atoms with Crippen molar-refractivity contribution < 1.29 is 19.5 Å². The zero-order valence-corrected chi connectivity index (χ0v) is 11.4. The third-order valence-electron chi connectivity index (χ3n) is 3.19. The number of rotatable bonds is 6. The fraction of sp³-hybridized carbons (Fsp3) is 0.267. The van der Waals surface area contributed by atoms with E-state index in [9.17, 15) is 14.4 Å². The lowest BCUT2D eigenvalue weighted by Gasteiger charge is -2.17. The third-order valence-corrected chi connectivity index (χ3v) is 3.19. The number of carbonyl (C=O) groups excluding carboxylic acids is 2. The second-order valence-electron chi connectivity index (χ2n) is 4.91. The van der Waals surface area contributed by atoms with Crippen molar-refractivity contribution in [3.8, 4) is 0 Å². The molecular formula is C15H16N2O4. The Hall–Kier alpha value is -2.63. The maximum absolute atomic E-state index is 12.0. The van der Waals surface area contributed by atoms with Gasteiger partial charge in [0.05, 0.1) is 0 Å². The van der Waals surface area contributed by atoms with Crippen LogP contribution in [0, 0.1) is 0 Å². The van der Waals surface area contributed by atoms with Crippen molar-refractivity contribution in [3.05, 3.63) is 41.5 Å². The number of nitrogens with zero attached hydrogens (tertiary/aromatic N) is 1. The quantitative estimate of drug-likeness (QED) is 0.758. The number of hydrogen-bond donors (Lipinski definition) is 2. The van der Waals surface area contributed by atoms with Crippen molar-refractivity contribution in [2.24, 2.45) is 5.73 Å². The first-order valence-corrected chi connectivity index (χ1v) is 6.57. The van der Waals surface area contributed by atoms with Gasteiger partial charge >= 0.3 is 5.97 Å². The summed E-state index contributed by atoms with van der Waals surface area (Å²) in [5.74, 6) is -1.85. The predicted molar refractivity (Wildman–Crippen MR) is 76.4 cm³/mol. The zero-order valence-electron chi connectivity index (χ0n) is 11.4. The van der Waals surface area contributed by atoms with E-state index in [1.165, 1.54) is 11.0 Å². The van der Waals surface area contributed by atoms with E-state index < -0.39 is 11.9 Å². The summed E-state index contributed by atoms with van der Waals surface area (Å²) >= 11 is 0. The maximum Gasteiger partial charge on any atom is 0.323 e. The molecule has 21 heavy (non-hydrogen) atoms. The predicted octanol–water partition coefficient (Wildman–Crippen LogP) is 0.874. The molecule has 0 heterocycles. The smallest absolute Gasteiger partial charge is 0.323 e. The maximum atomic E-state index is 12.0. The van der Waals surface area contributed by atoms with Crippen molar-refractivity contribution >= 4 is 23.9 Å². The van der Waals surface area contributed by atoms with Crippen LogP contribution in [0.4, 0.5) is 0 Å². The second kappa shape index (κ2) is 6.21. The highest BCUT2D eigenvalue weighted by molar-refractivity contribution is 5.95. The monoisotopic (exact) mass is 288 g/mol. The molecule has 6 heteroatoms. The number of carboxylic acids is 1. The van der Waals surface area contributed by atoms with Crippen LogP contribution in [0.25, 0.3) is 6.08 Å². The van der Waals surface area contributed by atoms with Gasteiger partial charge < -0.3 is 15.7 Å². The highest BCUT2D eigenvalue weighted by Crippen LogP contribution is 2.26. The van der Waals surface area contributed by atoms with Gasteiger partial charge in [-0.05, 0) is 36.6 Å². The molecule has 3 N–H and O–H groups in total. The summed E-state index contributed by atoms with van der Waals surface area (Å²) in [5, 5.41) is 8.82. The van der Waals surface area contributed by atoms with Gasteiger partial charge in [-0.2, -0.15) is 0 Å². The minimum absolute atomic E-state index is 0.0375. The van der Waals surface area contributed by atoms with Crippen LogP contribution in [-0.2, 0) is 9.59 Å². The van der Waals surface area contributed by atoms with Crippen LogP contribution < -0.4 is 5.73 Å². The molecule has 1 saturated carbocycles. The van der Waals surface area contributed by atoms with Crippen molar-refractivity contribution in [1.82, 2.24) is 4.90 Å². The second-order valence-corrected chi connectivity index (χ2v) is 4.91. The Morgan fingerprint density at radius 2 is 1.86 bits per heavy atom. The molecule has 1 fully saturated rings. The summed E-state index contributed by atoms with van der Waals surface area (Å²) < 4.78 is 0. The zero-order chi connectivity index (χ0) is 15.4. The van der Waals surface area contributed by atoms with E-state index in [4.69, 9.17) is 10.8 Å². The van der Waals surface area contributed by atoms with Crippen molar-refractivity contribution in [3.63, 3.8) is 0 Å². The summed E-state index contributed by atoms with van der Waals surface area (Å²) in [6, 6.07) is 6.52. The molecule has 0 spiro atoms. The van der Waals surface area contributed by atoms with Crippen LogP contribution in [0.1, 0.15) is 28.8 Å². The minimum Gasteiger partial charge on any atom is -0.480 e. The van der Waals surface area contributed by atoms with Crippen LogP contribution >= 0.6 is 0 Å². The summed E-state index contributed by atoms with van der Waals surface area (Å²) in [4.78, 5) is 35.1. The molecule has 110 valence electrons. The van der Waals surface area contributed by atoms with Gasteiger partial charge in [0.1, 0.15) is 6.54 Å². The molecule has 0 atom stereocenters. The number of hydrogen-bond acceptors (Lipinski definition) is 3. The summed E-state index contributed by atoms with van der Waals surface area (Å²) in [5.41, 5.74) is 6.27. The Balaban J connectivity index is 2.03. The molecule has 0 aromatic heterocycles. The van der Waals surface area contributed by atoms with E-state index in [1.54, 1.807) is 30.3 Å². The highest BCUT2D eigenvalue weighted by atomic mass is 16.4. The molecule has 2 amide bonds. The van der Waals surface area contributed by atoms with Crippen LogP contribution in [0.2, 0.25) is 0 Å². The van der Waals surface area contributed by atoms with Gasteiger partial charge in [-0.1, -0.05) is 12.1 Å². The summed E-state index contributed by atoms with van der Waals surface area (Å²) in [7, 11) is 0. The average molecular weight is 288 g/mol. The van der Waals surface area contributed by atoms with Gasteiger partial charge in [-0.15, -0.1) is 0 Å². The van der Waals surface area contributed by atoms with E-state index in [0.717, 1.165) is 18.4 Å². The molecule has 0 aliphatic heterocycles. The number of primary amides is 1. The number of amides is 2. The molecule has 0 saturated heterocycles. The van der Waals surface area contributed by atoms with Crippen LogP contribution in [0.5, 0.6) is 0 Å². The molecule has 6 nitrogen and oxygen atoms in total. The molecule has 1 aliphatic carbocycles. The molecule has 0 radical (unpaired) electrons. The van der Waals surface area contributed by atoms with Gasteiger partial charge in [-0.25, -0.2) is 0 Å². The third kappa shape index (κ3) is 4.17. The van der Waals surface area contributed by atoms with Crippen LogP contribution in [0.3, 0.4) is 0 Å². The Kier molecular flexibility index (Phi) is 4.37. The van der Waals surface area contributed by atoms with Crippen LogP contribution in [-0.4, -0.2) is 40.4 Å². The first-order valence-electron chi connectivity index (χ1n) is 6.57. The first-order chi connectivity index (χ1) is 9.97. The largest absolute Gasteiger partial charge is 0.480 e. The molecule has 1 aromatic carbocycles. The molecule has 0 bridgehead atoms. The lowest BCUT2D eigenvalue weighted by molar-refractivity contribution is -0.143. The normalized spacial score (nSPS) is 14.1.